The predicted octanol–water partition coefficient (Wildman–Crippen LogP) is 3.20. The normalized spacial score (nSPS) is 28.4. The molecule has 4 saturated carbocycles. The number of aromatic nitrogens is 5. The van der Waals surface area contributed by atoms with E-state index >= 15 is 0 Å². The van der Waals surface area contributed by atoms with Gasteiger partial charge < -0.3 is 4.57 Å². The minimum atomic E-state index is -0.343. The Morgan fingerprint density at radius 1 is 0.939 bits per heavy atom. The standard InChI is InChI=1S/C26H29N5O2/c1-28-22-21(23(32)29(2)25(28)33)31-15-20(26-11-17-8-18(12-26)10-19(9-17)13-26)30(24(31)27-22)14-16-6-4-3-5-7-16/h3-7,15,17-19H,8-14H2,1-2H3. The fraction of sp³-hybridized carbons (Fsp3) is 0.500. The maximum atomic E-state index is 13.2. The van der Waals surface area contributed by atoms with Crippen molar-refractivity contribution in [3.8, 4) is 0 Å². The summed E-state index contributed by atoms with van der Waals surface area (Å²) < 4.78 is 6.98. The maximum absolute atomic E-state index is 13.2. The summed E-state index contributed by atoms with van der Waals surface area (Å²) in [5.74, 6) is 3.25. The summed E-state index contributed by atoms with van der Waals surface area (Å²) in [4.78, 5) is 30.6. The molecule has 3 aromatic heterocycles. The third kappa shape index (κ3) is 2.59. The van der Waals surface area contributed by atoms with Gasteiger partial charge in [-0.15, -0.1) is 0 Å². The summed E-state index contributed by atoms with van der Waals surface area (Å²) in [6, 6.07) is 10.5. The number of hydrogen-bond acceptors (Lipinski definition) is 3. The molecule has 4 fully saturated rings. The zero-order valence-corrected chi connectivity index (χ0v) is 19.2. The average Bonchev–Trinajstić information content (AvgIpc) is 3.34. The van der Waals surface area contributed by atoms with Crippen molar-refractivity contribution in [2.45, 2.75) is 50.5 Å². The second kappa shape index (κ2) is 6.49. The molecule has 7 nitrogen and oxygen atoms in total. The van der Waals surface area contributed by atoms with E-state index in [2.05, 4.69) is 35.0 Å². The average molecular weight is 444 g/mol. The molecule has 0 spiro atoms. The summed E-state index contributed by atoms with van der Waals surface area (Å²) in [6.45, 7) is 0.714. The number of hydrogen-bond donors (Lipinski definition) is 0. The third-order valence-electron chi connectivity index (χ3n) is 8.82. The number of nitrogens with zero attached hydrogens (tertiary/aromatic N) is 5. The van der Waals surface area contributed by atoms with Crippen molar-refractivity contribution in [2.75, 3.05) is 0 Å². The maximum Gasteiger partial charge on any atom is 0.332 e. The Kier molecular flexibility index (Phi) is 3.81. The van der Waals surface area contributed by atoms with Crippen LogP contribution in [0.25, 0.3) is 16.9 Å². The molecule has 170 valence electrons. The van der Waals surface area contributed by atoms with Crippen LogP contribution in [0.3, 0.4) is 0 Å². The molecule has 7 heteroatoms. The van der Waals surface area contributed by atoms with E-state index in [0.717, 1.165) is 23.5 Å². The van der Waals surface area contributed by atoms with Gasteiger partial charge in [0.1, 0.15) is 0 Å². The first kappa shape index (κ1) is 19.4. The van der Waals surface area contributed by atoms with Crippen LogP contribution in [-0.2, 0) is 26.1 Å². The lowest BCUT2D eigenvalue weighted by Gasteiger charge is -2.56. The van der Waals surface area contributed by atoms with E-state index in [4.69, 9.17) is 4.98 Å². The van der Waals surface area contributed by atoms with E-state index in [1.54, 1.807) is 14.1 Å². The number of rotatable bonds is 3. The quantitative estimate of drug-likeness (QED) is 0.488. The summed E-state index contributed by atoms with van der Waals surface area (Å²) in [7, 11) is 3.24. The van der Waals surface area contributed by atoms with Gasteiger partial charge in [-0.1, -0.05) is 30.3 Å². The van der Waals surface area contributed by atoms with E-state index in [1.807, 2.05) is 10.5 Å². The number of fused-ring (bicyclic) bond motifs is 3. The lowest BCUT2D eigenvalue weighted by molar-refractivity contribution is -0.00857. The fourth-order valence-electron chi connectivity index (χ4n) is 7.78. The summed E-state index contributed by atoms with van der Waals surface area (Å²) >= 11 is 0. The molecule has 0 unspecified atom stereocenters. The zero-order valence-electron chi connectivity index (χ0n) is 19.2. The van der Waals surface area contributed by atoms with Crippen molar-refractivity contribution in [2.24, 2.45) is 31.8 Å². The van der Waals surface area contributed by atoms with Crippen LogP contribution in [0.1, 0.15) is 49.8 Å². The van der Waals surface area contributed by atoms with Crippen molar-refractivity contribution in [3.63, 3.8) is 0 Å². The molecular weight excluding hydrogens is 414 g/mol. The molecule has 0 atom stereocenters. The Morgan fingerprint density at radius 2 is 1.58 bits per heavy atom. The van der Waals surface area contributed by atoms with E-state index in [-0.39, 0.29) is 16.7 Å². The zero-order chi connectivity index (χ0) is 22.5. The first-order valence-corrected chi connectivity index (χ1v) is 12.2. The van der Waals surface area contributed by atoms with Crippen molar-refractivity contribution in [3.05, 3.63) is 68.6 Å². The lowest BCUT2D eigenvalue weighted by atomic mass is 9.49. The van der Waals surface area contributed by atoms with Crippen LogP contribution in [0.5, 0.6) is 0 Å². The minimum absolute atomic E-state index is 0.169. The van der Waals surface area contributed by atoms with Gasteiger partial charge in [-0.25, -0.2) is 4.79 Å². The van der Waals surface area contributed by atoms with Crippen LogP contribution in [0.15, 0.2) is 46.1 Å². The highest BCUT2D eigenvalue weighted by Crippen LogP contribution is 2.60. The van der Waals surface area contributed by atoms with Gasteiger partial charge in [0.15, 0.2) is 11.2 Å². The smallest absolute Gasteiger partial charge is 0.309 e. The van der Waals surface area contributed by atoms with Crippen molar-refractivity contribution < 1.29 is 0 Å². The van der Waals surface area contributed by atoms with Gasteiger partial charge in [0, 0.05) is 31.4 Å². The molecule has 8 rings (SSSR count). The fourth-order valence-corrected chi connectivity index (χ4v) is 7.78. The second-order valence-electron chi connectivity index (χ2n) is 10.9. The van der Waals surface area contributed by atoms with Crippen LogP contribution in [0.4, 0.5) is 0 Å². The first-order valence-electron chi connectivity index (χ1n) is 12.2. The van der Waals surface area contributed by atoms with Gasteiger partial charge in [-0.2, -0.15) is 4.98 Å². The van der Waals surface area contributed by atoms with Crippen LogP contribution in [0.2, 0.25) is 0 Å². The molecule has 33 heavy (non-hydrogen) atoms. The van der Waals surface area contributed by atoms with Gasteiger partial charge in [0.05, 0.1) is 6.54 Å². The van der Waals surface area contributed by atoms with E-state index in [9.17, 15) is 9.59 Å². The second-order valence-corrected chi connectivity index (χ2v) is 10.9. The molecule has 0 N–H and O–H groups in total. The highest BCUT2D eigenvalue weighted by atomic mass is 16.2. The van der Waals surface area contributed by atoms with Crippen LogP contribution in [-0.4, -0.2) is 23.1 Å². The summed E-state index contributed by atoms with van der Waals surface area (Å²) in [6.07, 6.45) is 10.1. The first-order chi connectivity index (χ1) is 15.9. The van der Waals surface area contributed by atoms with E-state index in [0.29, 0.717) is 17.7 Å². The predicted molar refractivity (Wildman–Crippen MR) is 127 cm³/mol. The Labute approximate surface area is 191 Å². The van der Waals surface area contributed by atoms with Gasteiger partial charge >= 0.3 is 5.69 Å². The summed E-state index contributed by atoms with van der Waals surface area (Å²) in [5.41, 5.74) is 3.03. The minimum Gasteiger partial charge on any atom is -0.309 e. The topological polar surface area (TPSA) is 66.2 Å². The molecule has 0 radical (unpaired) electrons. The Hall–Kier alpha value is -3.09. The summed E-state index contributed by atoms with van der Waals surface area (Å²) in [5, 5.41) is 0. The lowest BCUT2D eigenvalue weighted by Crippen LogP contribution is -2.49. The number of imidazole rings is 2. The molecule has 4 aliphatic rings. The third-order valence-corrected chi connectivity index (χ3v) is 8.82. The largest absolute Gasteiger partial charge is 0.332 e. The number of aryl methyl sites for hydroxylation is 1. The van der Waals surface area contributed by atoms with E-state index in [1.165, 1.54) is 58.9 Å². The van der Waals surface area contributed by atoms with Crippen molar-refractivity contribution in [1.29, 1.82) is 0 Å². The molecule has 3 heterocycles. The van der Waals surface area contributed by atoms with E-state index < -0.39 is 0 Å². The molecule has 1 aromatic carbocycles. The van der Waals surface area contributed by atoms with Crippen LogP contribution >= 0.6 is 0 Å². The molecule has 0 amide bonds. The Morgan fingerprint density at radius 3 is 2.21 bits per heavy atom. The molecule has 0 aliphatic heterocycles. The molecule has 0 saturated heterocycles. The molecular formula is C26H29N5O2. The van der Waals surface area contributed by atoms with Crippen molar-refractivity contribution in [1.82, 2.24) is 23.1 Å². The monoisotopic (exact) mass is 443 g/mol. The molecule has 4 aromatic rings. The highest BCUT2D eigenvalue weighted by Gasteiger charge is 2.53. The molecule has 4 bridgehead atoms. The van der Waals surface area contributed by atoms with Gasteiger partial charge in [-0.05, 0) is 61.8 Å². The SMILES string of the molecule is Cn1c(=O)c2c(nc3n(Cc4ccccc4)c(C45CC6CC(CC(C6)C4)C5)cn23)n(C)c1=O. The van der Waals surface area contributed by atoms with Crippen LogP contribution < -0.4 is 11.2 Å². The molecule has 4 aliphatic carbocycles. The number of benzene rings is 1. The van der Waals surface area contributed by atoms with Gasteiger partial charge in [-0.3, -0.25) is 18.3 Å². The van der Waals surface area contributed by atoms with Crippen LogP contribution in [0, 0.1) is 17.8 Å². The Bertz CT molecular complexity index is 1500. The van der Waals surface area contributed by atoms with Gasteiger partial charge in [0.25, 0.3) is 5.56 Å². The van der Waals surface area contributed by atoms with Crippen molar-refractivity contribution >= 4 is 16.9 Å². The highest BCUT2D eigenvalue weighted by molar-refractivity contribution is 5.76. The Balaban J connectivity index is 1.52. The van der Waals surface area contributed by atoms with Gasteiger partial charge in [0.2, 0.25) is 5.78 Å².